The molecule has 2 aromatic carbocycles. The van der Waals surface area contributed by atoms with E-state index in [0.717, 1.165) is 25.0 Å². The highest BCUT2D eigenvalue weighted by Crippen LogP contribution is 2.30. The normalized spacial score (nSPS) is 16.8. The van der Waals surface area contributed by atoms with E-state index >= 15 is 0 Å². The highest BCUT2D eigenvalue weighted by Gasteiger charge is 2.19. The Hall–Kier alpha value is -2.55. The lowest BCUT2D eigenvalue weighted by atomic mass is 9.93. The number of hydrogen-bond donors (Lipinski definition) is 1. The fraction of sp³-hybridized carbons (Fsp3) is 0.250. The van der Waals surface area contributed by atoms with Crippen LogP contribution in [0.1, 0.15) is 24.8 Å². The van der Waals surface area contributed by atoms with Crippen molar-refractivity contribution < 1.29 is 9.53 Å². The van der Waals surface area contributed by atoms with Crippen LogP contribution in [0, 0.1) is 12.8 Å². The Labute approximate surface area is 137 Å². The van der Waals surface area contributed by atoms with Crippen molar-refractivity contribution in [2.75, 3.05) is 5.32 Å². The van der Waals surface area contributed by atoms with Gasteiger partial charge in [0.05, 0.1) is 5.69 Å². The van der Waals surface area contributed by atoms with Crippen molar-refractivity contribution in [3.63, 3.8) is 0 Å². The second kappa shape index (κ2) is 7.14. The summed E-state index contributed by atoms with van der Waals surface area (Å²) in [6, 6.07) is 15.4. The summed E-state index contributed by atoms with van der Waals surface area (Å²) in [7, 11) is 0. The molecule has 1 aliphatic carbocycles. The molecule has 1 amide bonds. The minimum absolute atomic E-state index is 0.0485. The third kappa shape index (κ3) is 4.01. The molecule has 1 N–H and O–H groups in total. The Bertz CT molecular complexity index is 704. The van der Waals surface area contributed by atoms with E-state index in [1.807, 2.05) is 55.5 Å². The summed E-state index contributed by atoms with van der Waals surface area (Å²) in [6.07, 6.45) is 6.91. The van der Waals surface area contributed by atoms with E-state index in [4.69, 9.17) is 4.74 Å². The highest BCUT2D eigenvalue weighted by atomic mass is 16.5. The zero-order valence-corrected chi connectivity index (χ0v) is 13.3. The molecule has 0 saturated heterocycles. The quantitative estimate of drug-likeness (QED) is 0.800. The van der Waals surface area contributed by atoms with Gasteiger partial charge in [0.2, 0.25) is 5.91 Å². The number of anilines is 1. The van der Waals surface area contributed by atoms with Gasteiger partial charge >= 0.3 is 0 Å². The van der Waals surface area contributed by atoms with Crippen LogP contribution < -0.4 is 10.1 Å². The molecule has 3 rings (SSSR count). The predicted octanol–water partition coefficient (Wildman–Crippen LogP) is 5.08. The molecular weight excluding hydrogens is 286 g/mol. The fourth-order valence-electron chi connectivity index (χ4n) is 2.66. The number of carbonyl (C=O) groups excluding carboxylic acids is 1. The molecule has 0 spiro atoms. The van der Waals surface area contributed by atoms with Crippen molar-refractivity contribution in [3.05, 3.63) is 66.2 Å². The SMILES string of the molecule is Cc1ccc(Oc2ccccc2NC(=O)C2CC=CCC2)cc1. The molecule has 0 aliphatic heterocycles. The van der Waals surface area contributed by atoms with E-state index in [2.05, 4.69) is 17.5 Å². The second-order valence-electron chi connectivity index (χ2n) is 5.88. The maximum absolute atomic E-state index is 12.4. The Kier molecular flexibility index (Phi) is 4.77. The first kappa shape index (κ1) is 15.3. The molecule has 0 heterocycles. The van der Waals surface area contributed by atoms with E-state index in [9.17, 15) is 4.79 Å². The third-order valence-corrected chi connectivity index (χ3v) is 4.03. The van der Waals surface area contributed by atoms with Crippen LogP contribution in [0.15, 0.2) is 60.7 Å². The van der Waals surface area contributed by atoms with E-state index in [1.54, 1.807) is 0 Å². The first-order valence-corrected chi connectivity index (χ1v) is 8.02. The maximum atomic E-state index is 12.4. The van der Waals surface area contributed by atoms with Crippen LogP contribution in [-0.2, 0) is 4.79 Å². The molecule has 23 heavy (non-hydrogen) atoms. The third-order valence-electron chi connectivity index (χ3n) is 4.03. The van der Waals surface area contributed by atoms with Gasteiger partial charge in [-0.1, -0.05) is 42.0 Å². The molecule has 1 unspecified atom stereocenters. The Morgan fingerprint density at radius 2 is 1.87 bits per heavy atom. The lowest BCUT2D eigenvalue weighted by Crippen LogP contribution is -2.23. The number of amides is 1. The average Bonchev–Trinajstić information content (AvgIpc) is 2.59. The molecular formula is C20H21NO2. The Morgan fingerprint density at radius 1 is 1.09 bits per heavy atom. The fourth-order valence-corrected chi connectivity index (χ4v) is 2.66. The summed E-state index contributed by atoms with van der Waals surface area (Å²) in [5.41, 5.74) is 1.90. The van der Waals surface area contributed by atoms with Crippen molar-refractivity contribution in [1.82, 2.24) is 0 Å². The van der Waals surface area contributed by atoms with Gasteiger partial charge in [0, 0.05) is 5.92 Å². The number of aryl methyl sites for hydroxylation is 1. The number of nitrogens with one attached hydrogen (secondary N) is 1. The van der Waals surface area contributed by atoms with Gasteiger partial charge in [-0.3, -0.25) is 4.79 Å². The van der Waals surface area contributed by atoms with Crippen molar-refractivity contribution >= 4 is 11.6 Å². The predicted molar refractivity (Wildman–Crippen MR) is 92.8 cm³/mol. The lowest BCUT2D eigenvalue weighted by molar-refractivity contribution is -0.120. The monoisotopic (exact) mass is 307 g/mol. The largest absolute Gasteiger partial charge is 0.455 e. The van der Waals surface area contributed by atoms with Crippen molar-refractivity contribution in [2.45, 2.75) is 26.2 Å². The molecule has 0 radical (unpaired) electrons. The molecule has 0 fully saturated rings. The van der Waals surface area contributed by atoms with Crippen LogP contribution in [-0.4, -0.2) is 5.91 Å². The summed E-state index contributed by atoms with van der Waals surface area (Å²) >= 11 is 0. The zero-order chi connectivity index (χ0) is 16.1. The van der Waals surface area contributed by atoms with Gasteiger partial charge in [-0.05, 0) is 50.5 Å². The average molecular weight is 307 g/mol. The molecule has 0 aromatic heterocycles. The number of allylic oxidation sites excluding steroid dienone is 2. The highest BCUT2D eigenvalue weighted by molar-refractivity contribution is 5.94. The van der Waals surface area contributed by atoms with Crippen LogP contribution in [0.3, 0.4) is 0 Å². The first-order valence-electron chi connectivity index (χ1n) is 8.02. The summed E-state index contributed by atoms with van der Waals surface area (Å²) in [5, 5.41) is 3.01. The summed E-state index contributed by atoms with van der Waals surface area (Å²) < 4.78 is 5.92. The molecule has 2 aromatic rings. The number of carbonyl (C=O) groups is 1. The Balaban J connectivity index is 1.73. The number of ether oxygens (including phenoxy) is 1. The molecule has 1 atom stereocenters. The maximum Gasteiger partial charge on any atom is 0.227 e. The smallest absolute Gasteiger partial charge is 0.227 e. The summed E-state index contributed by atoms with van der Waals surface area (Å²) in [6.45, 7) is 2.04. The topological polar surface area (TPSA) is 38.3 Å². The van der Waals surface area contributed by atoms with Gasteiger partial charge in [0.15, 0.2) is 5.75 Å². The van der Waals surface area contributed by atoms with Crippen molar-refractivity contribution in [2.24, 2.45) is 5.92 Å². The van der Waals surface area contributed by atoms with Crippen LogP contribution in [0.5, 0.6) is 11.5 Å². The minimum atomic E-state index is 0.0485. The van der Waals surface area contributed by atoms with Crippen molar-refractivity contribution in [3.8, 4) is 11.5 Å². The molecule has 118 valence electrons. The first-order chi connectivity index (χ1) is 11.2. The van der Waals surface area contributed by atoms with Gasteiger partial charge in [-0.15, -0.1) is 0 Å². The van der Waals surface area contributed by atoms with Crippen LogP contribution in [0.4, 0.5) is 5.69 Å². The van der Waals surface area contributed by atoms with E-state index in [0.29, 0.717) is 11.4 Å². The molecule has 3 nitrogen and oxygen atoms in total. The van der Waals surface area contributed by atoms with Crippen LogP contribution in [0.25, 0.3) is 0 Å². The zero-order valence-electron chi connectivity index (χ0n) is 13.3. The molecule has 0 saturated carbocycles. The summed E-state index contributed by atoms with van der Waals surface area (Å²) in [5.74, 6) is 1.54. The molecule has 0 bridgehead atoms. The van der Waals surface area contributed by atoms with Gasteiger partial charge in [-0.2, -0.15) is 0 Å². The number of benzene rings is 2. The van der Waals surface area contributed by atoms with Crippen LogP contribution >= 0.6 is 0 Å². The standard InChI is InChI=1S/C20H21NO2/c1-15-11-13-17(14-12-15)23-19-10-6-5-9-18(19)21-20(22)16-7-3-2-4-8-16/h2-3,5-6,9-14,16H,4,7-8H2,1H3,(H,21,22). The van der Waals surface area contributed by atoms with Crippen LogP contribution in [0.2, 0.25) is 0 Å². The molecule has 1 aliphatic rings. The second-order valence-corrected chi connectivity index (χ2v) is 5.88. The minimum Gasteiger partial charge on any atom is -0.455 e. The number of hydrogen-bond acceptors (Lipinski definition) is 2. The van der Waals surface area contributed by atoms with E-state index in [-0.39, 0.29) is 11.8 Å². The summed E-state index contributed by atoms with van der Waals surface area (Å²) in [4.78, 5) is 12.4. The van der Waals surface area contributed by atoms with Gasteiger partial charge in [-0.25, -0.2) is 0 Å². The number of rotatable bonds is 4. The molecule has 3 heteroatoms. The van der Waals surface area contributed by atoms with E-state index in [1.165, 1.54) is 5.56 Å². The lowest BCUT2D eigenvalue weighted by Gasteiger charge is -2.18. The van der Waals surface area contributed by atoms with Gasteiger partial charge in [0.25, 0.3) is 0 Å². The number of para-hydroxylation sites is 2. The van der Waals surface area contributed by atoms with Gasteiger partial charge in [0.1, 0.15) is 5.75 Å². The van der Waals surface area contributed by atoms with E-state index < -0.39 is 0 Å². The Morgan fingerprint density at radius 3 is 2.61 bits per heavy atom. The van der Waals surface area contributed by atoms with Gasteiger partial charge < -0.3 is 10.1 Å². The van der Waals surface area contributed by atoms with Crippen molar-refractivity contribution in [1.29, 1.82) is 0 Å².